The summed E-state index contributed by atoms with van der Waals surface area (Å²) in [5, 5.41) is 0. The van der Waals surface area contributed by atoms with Crippen molar-refractivity contribution >= 4 is 15.7 Å². The van der Waals surface area contributed by atoms with Crippen LogP contribution in [-0.4, -0.2) is 26.7 Å². The number of nitrogens with one attached hydrogen (secondary N) is 1. The molecule has 0 amide bonds. The summed E-state index contributed by atoms with van der Waals surface area (Å²) in [4.78, 5) is 0.0270. The molecular weight excluding hydrogens is 283 g/mol. The van der Waals surface area contributed by atoms with Gasteiger partial charge in [-0.1, -0.05) is 0 Å². The number of aryl methyl sites for hydroxylation is 1. The van der Waals surface area contributed by atoms with Gasteiger partial charge in [-0.3, -0.25) is 0 Å². The van der Waals surface area contributed by atoms with Gasteiger partial charge in [0.15, 0.2) is 0 Å². The van der Waals surface area contributed by atoms with Gasteiger partial charge in [0, 0.05) is 0 Å². The second-order valence-electron chi connectivity index (χ2n) is 5.48. The Kier molecular flexibility index (Phi) is 3.23. The van der Waals surface area contributed by atoms with Crippen molar-refractivity contribution in [3.8, 4) is 0 Å². The normalized spacial score (nSPS) is 29.0. The first-order valence-corrected chi connectivity index (χ1v) is 8.08. The van der Waals surface area contributed by atoms with Crippen molar-refractivity contribution in [2.75, 3.05) is 5.73 Å². The van der Waals surface area contributed by atoms with Crippen molar-refractivity contribution < 1.29 is 17.5 Å². The lowest BCUT2D eigenvalue weighted by molar-refractivity contribution is 0.0996. The Balaban J connectivity index is 1.87. The molecule has 3 rings (SSSR count). The first-order chi connectivity index (χ1) is 9.37. The summed E-state index contributed by atoms with van der Waals surface area (Å²) < 4.78 is 46.4. The van der Waals surface area contributed by atoms with Crippen LogP contribution >= 0.6 is 0 Å². The highest BCUT2D eigenvalue weighted by Crippen LogP contribution is 2.35. The fourth-order valence-electron chi connectivity index (χ4n) is 2.98. The maximum atomic E-state index is 13.3. The van der Waals surface area contributed by atoms with Crippen LogP contribution in [0.4, 0.5) is 10.1 Å². The maximum absolute atomic E-state index is 13.3. The lowest BCUT2D eigenvalue weighted by Gasteiger charge is -2.20. The number of rotatable bonds is 3. The summed E-state index contributed by atoms with van der Waals surface area (Å²) in [6.45, 7) is 1.55. The smallest absolute Gasteiger partial charge is 0.241 e. The van der Waals surface area contributed by atoms with Crippen LogP contribution in [0, 0.1) is 12.7 Å². The summed E-state index contributed by atoms with van der Waals surface area (Å²) in [6, 6.07) is 2.10. The molecule has 3 N–H and O–H groups in total. The van der Waals surface area contributed by atoms with Crippen molar-refractivity contribution in [1.82, 2.24) is 4.72 Å². The van der Waals surface area contributed by atoms with Crippen molar-refractivity contribution in [3.63, 3.8) is 0 Å². The Morgan fingerprint density at radius 3 is 2.75 bits per heavy atom. The summed E-state index contributed by atoms with van der Waals surface area (Å²) in [5.74, 6) is -0.607. The van der Waals surface area contributed by atoms with Gasteiger partial charge >= 0.3 is 0 Å². The molecule has 0 aromatic heterocycles. The minimum Gasteiger partial charge on any atom is -0.396 e. The van der Waals surface area contributed by atoms with Crippen LogP contribution in [-0.2, 0) is 14.8 Å². The quantitative estimate of drug-likeness (QED) is 0.825. The minimum absolute atomic E-state index is 0.0270. The molecule has 7 heteroatoms. The van der Waals surface area contributed by atoms with Gasteiger partial charge < -0.3 is 10.5 Å². The van der Waals surface area contributed by atoms with E-state index in [1.54, 1.807) is 6.92 Å². The third-order valence-electron chi connectivity index (χ3n) is 4.00. The van der Waals surface area contributed by atoms with E-state index in [2.05, 4.69) is 4.72 Å². The van der Waals surface area contributed by atoms with Crippen LogP contribution in [0.1, 0.15) is 24.8 Å². The highest BCUT2D eigenvalue weighted by atomic mass is 32.2. The molecule has 1 aromatic carbocycles. The molecule has 2 aliphatic heterocycles. The first-order valence-electron chi connectivity index (χ1n) is 6.60. The van der Waals surface area contributed by atoms with Gasteiger partial charge in [-0.2, -0.15) is 0 Å². The number of nitrogens with two attached hydrogens (primary N) is 1. The molecule has 2 aliphatic rings. The number of anilines is 1. The van der Waals surface area contributed by atoms with Crippen molar-refractivity contribution in [2.24, 2.45) is 0 Å². The zero-order valence-corrected chi connectivity index (χ0v) is 11.9. The van der Waals surface area contributed by atoms with E-state index >= 15 is 0 Å². The zero-order valence-electron chi connectivity index (χ0n) is 11.1. The number of hydrogen-bond donors (Lipinski definition) is 2. The monoisotopic (exact) mass is 300 g/mol. The van der Waals surface area contributed by atoms with Crippen LogP contribution < -0.4 is 10.5 Å². The van der Waals surface area contributed by atoms with E-state index in [9.17, 15) is 12.8 Å². The van der Waals surface area contributed by atoms with E-state index in [4.69, 9.17) is 10.5 Å². The number of halogens is 1. The molecule has 5 nitrogen and oxygen atoms in total. The van der Waals surface area contributed by atoms with Gasteiger partial charge in [0.25, 0.3) is 0 Å². The van der Waals surface area contributed by atoms with E-state index in [0.717, 1.165) is 18.9 Å². The molecule has 3 atom stereocenters. The third kappa shape index (κ3) is 2.30. The SMILES string of the molecule is Cc1cc(F)c(N)cc1S(=O)(=O)NC1CC2CCC1O2. The highest BCUT2D eigenvalue weighted by molar-refractivity contribution is 7.89. The van der Waals surface area contributed by atoms with Crippen molar-refractivity contribution in [1.29, 1.82) is 0 Å². The van der Waals surface area contributed by atoms with Gasteiger partial charge in [0.1, 0.15) is 5.82 Å². The van der Waals surface area contributed by atoms with Crippen molar-refractivity contribution in [2.45, 2.75) is 49.3 Å². The fourth-order valence-corrected chi connectivity index (χ4v) is 4.52. The molecule has 20 heavy (non-hydrogen) atoms. The topological polar surface area (TPSA) is 81.4 Å². The summed E-state index contributed by atoms with van der Waals surface area (Å²) in [5.41, 5.74) is 5.64. The van der Waals surface area contributed by atoms with Gasteiger partial charge in [-0.25, -0.2) is 17.5 Å². The van der Waals surface area contributed by atoms with Crippen LogP contribution in [0.25, 0.3) is 0 Å². The van der Waals surface area contributed by atoms with Crippen molar-refractivity contribution in [3.05, 3.63) is 23.5 Å². The molecule has 0 saturated carbocycles. The third-order valence-corrected chi connectivity index (χ3v) is 5.63. The Morgan fingerprint density at radius 1 is 1.40 bits per heavy atom. The second kappa shape index (κ2) is 4.68. The van der Waals surface area contributed by atoms with E-state index in [1.807, 2.05) is 0 Å². The van der Waals surface area contributed by atoms with Gasteiger partial charge in [0.05, 0.1) is 28.8 Å². The number of ether oxygens (including phenoxy) is 1. The molecular formula is C13H17FN2O3S. The lowest BCUT2D eigenvalue weighted by atomic mass is 9.96. The summed E-state index contributed by atoms with van der Waals surface area (Å²) >= 11 is 0. The Labute approximate surface area is 117 Å². The highest BCUT2D eigenvalue weighted by Gasteiger charge is 2.42. The molecule has 2 saturated heterocycles. The van der Waals surface area contributed by atoms with Gasteiger partial charge in [0.2, 0.25) is 10.0 Å². The Morgan fingerprint density at radius 2 is 2.15 bits per heavy atom. The molecule has 0 radical (unpaired) electrons. The molecule has 2 heterocycles. The van der Waals surface area contributed by atoms with Crippen LogP contribution in [0.5, 0.6) is 0 Å². The number of sulfonamides is 1. The Bertz CT molecular complexity index is 647. The van der Waals surface area contributed by atoms with Gasteiger partial charge in [-0.05, 0) is 43.9 Å². The molecule has 3 unspecified atom stereocenters. The molecule has 0 spiro atoms. The standard InChI is InChI=1S/C13H17FN2O3S/c1-7-4-9(14)10(15)6-13(7)20(17,18)16-11-5-8-2-3-12(11)19-8/h4,6,8,11-12,16H,2-3,5,15H2,1H3. The van der Waals surface area contributed by atoms with E-state index in [0.29, 0.717) is 12.0 Å². The van der Waals surface area contributed by atoms with Crippen LogP contribution in [0.3, 0.4) is 0 Å². The van der Waals surface area contributed by atoms with E-state index < -0.39 is 15.8 Å². The van der Waals surface area contributed by atoms with E-state index in [1.165, 1.54) is 6.07 Å². The minimum atomic E-state index is -3.71. The van der Waals surface area contributed by atoms with Crippen LogP contribution in [0.2, 0.25) is 0 Å². The second-order valence-corrected chi connectivity index (χ2v) is 7.16. The van der Waals surface area contributed by atoms with Gasteiger partial charge in [-0.15, -0.1) is 0 Å². The average molecular weight is 300 g/mol. The summed E-state index contributed by atoms with van der Waals surface area (Å²) in [7, 11) is -3.71. The maximum Gasteiger partial charge on any atom is 0.241 e. The number of fused-ring (bicyclic) bond motifs is 2. The first kappa shape index (κ1) is 13.8. The predicted octanol–water partition coefficient (Wildman–Crippen LogP) is 1.31. The fraction of sp³-hybridized carbons (Fsp3) is 0.538. The number of benzene rings is 1. The predicted molar refractivity (Wildman–Crippen MR) is 72.2 cm³/mol. The summed E-state index contributed by atoms with van der Waals surface area (Å²) in [6.07, 6.45) is 2.67. The molecule has 0 aliphatic carbocycles. The zero-order chi connectivity index (χ0) is 14.5. The van der Waals surface area contributed by atoms with E-state index in [-0.39, 0.29) is 28.8 Å². The molecule has 110 valence electrons. The number of nitrogen functional groups attached to an aromatic ring is 1. The number of hydrogen-bond acceptors (Lipinski definition) is 4. The largest absolute Gasteiger partial charge is 0.396 e. The lowest BCUT2D eigenvalue weighted by Crippen LogP contribution is -2.41. The molecule has 1 aromatic rings. The Hall–Kier alpha value is -1.18. The molecule has 2 bridgehead atoms. The van der Waals surface area contributed by atoms with Crippen LogP contribution in [0.15, 0.2) is 17.0 Å². The molecule has 2 fully saturated rings. The average Bonchev–Trinajstić information content (AvgIpc) is 2.95.